The highest BCUT2D eigenvalue weighted by atomic mass is 16.7. The number of benzene rings is 3. The van der Waals surface area contributed by atoms with Gasteiger partial charge < -0.3 is 14.4 Å². The van der Waals surface area contributed by atoms with E-state index in [0.717, 1.165) is 72.1 Å². The van der Waals surface area contributed by atoms with Crippen molar-refractivity contribution in [2.75, 3.05) is 37.9 Å². The molecule has 4 aromatic rings. The van der Waals surface area contributed by atoms with Crippen molar-refractivity contribution in [3.8, 4) is 22.8 Å². The number of fused-ring (bicyclic) bond motifs is 2. The monoisotopic (exact) mass is 438 g/mol. The van der Waals surface area contributed by atoms with Crippen molar-refractivity contribution in [1.82, 2.24) is 15.1 Å². The number of aryl methyl sites for hydroxylation is 1. The molecule has 1 saturated heterocycles. The Bertz CT molecular complexity index is 1300. The Kier molecular flexibility index (Phi) is 5.07. The van der Waals surface area contributed by atoms with Gasteiger partial charge in [-0.05, 0) is 24.6 Å². The fourth-order valence-electron chi connectivity index (χ4n) is 4.66. The number of rotatable bonds is 4. The lowest BCUT2D eigenvalue weighted by Crippen LogP contribution is -2.46. The lowest BCUT2D eigenvalue weighted by molar-refractivity contribution is 0.174. The van der Waals surface area contributed by atoms with E-state index in [9.17, 15) is 0 Å². The highest BCUT2D eigenvalue weighted by molar-refractivity contribution is 6.00. The number of anilines is 1. The first kappa shape index (κ1) is 20.0. The minimum absolute atomic E-state index is 0.315. The van der Waals surface area contributed by atoms with Crippen molar-refractivity contribution in [3.05, 3.63) is 77.9 Å². The lowest BCUT2D eigenvalue weighted by Gasteiger charge is -2.35. The van der Waals surface area contributed by atoms with E-state index in [4.69, 9.17) is 14.6 Å². The fraction of sp³-hybridized carbons (Fsp3) is 0.259. The summed E-state index contributed by atoms with van der Waals surface area (Å²) < 4.78 is 11.0. The Morgan fingerprint density at radius 2 is 1.55 bits per heavy atom. The highest BCUT2D eigenvalue weighted by Crippen LogP contribution is 2.34. The summed E-state index contributed by atoms with van der Waals surface area (Å²) in [5, 5.41) is 11.7. The SMILES string of the molecule is Cc1ccc(-c2nnc(N3CCN(Cc4ccc5c(c4)OCO5)CC3)c3ccccc23)cc1. The van der Waals surface area contributed by atoms with Crippen LogP contribution in [0.15, 0.2) is 66.7 Å². The van der Waals surface area contributed by atoms with Gasteiger partial charge in [-0.3, -0.25) is 4.90 Å². The van der Waals surface area contributed by atoms with Gasteiger partial charge >= 0.3 is 0 Å². The largest absolute Gasteiger partial charge is 0.454 e. The molecule has 0 bridgehead atoms. The van der Waals surface area contributed by atoms with Crippen LogP contribution in [-0.2, 0) is 6.54 Å². The molecule has 0 unspecified atom stereocenters. The summed E-state index contributed by atoms with van der Waals surface area (Å²) >= 11 is 0. The molecule has 0 amide bonds. The van der Waals surface area contributed by atoms with E-state index in [0.29, 0.717) is 6.79 Å². The van der Waals surface area contributed by atoms with Gasteiger partial charge in [-0.2, -0.15) is 0 Å². The standard InChI is InChI=1S/C27H26N4O2/c1-19-6-9-21(10-7-19)26-22-4-2-3-5-23(22)27(29-28-26)31-14-12-30(13-15-31)17-20-8-11-24-25(16-20)33-18-32-24/h2-11,16H,12-15,17-18H2,1H3. The number of hydrogen-bond donors (Lipinski definition) is 0. The molecule has 166 valence electrons. The molecule has 0 atom stereocenters. The quantitative estimate of drug-likeness (QED) is 0.462. The molecule has 2 aliphatic rings. The van der Waals surface area contributed by atoms with E-state index in [1.807, 2.05) is 6.07 Å². The lowest BCUT2D eigenvalue weighted by atomic mass is 10.0. The zero-order chi connectivity index (χ0) is 22.2. The number of aromatic nitrogens is 2. The smallest absolute Gasteiger partial charge is 0.231 e. The van der Waals surface area contributed by atoms with Gasteiger partial charge in [0.25, 0.3) is 0 Å². The molecule has 0 radical (unpaired) electrons. The second kappa shape index (κ2) is 8.37. The minimum atomic E-state index is 0.315. The van der Waals surface area contributed by atoms with Crippen LogP contribution in [0.3, 0.4) is 0 Å². The van der Waals surface area contributed by atoms with Gasteiger partial charge in [0.05, 0.1) is 0 Å². The first-order chi connectivity index (χ1) is 16.2. The van der Waals surface area contributed by atoms with Gasteiger partial charge in [0.2, 0.25) is 6.79 Å². The van der Waals surface area contributed by atoms with E-state index in [1.54, 1.807) is 0 Å². The Labute approximate surface area is 193 Å². The second-order valence-corrected chi connectivity index (χ2v) is 8.73. The molecule has 1 fully saturated rings. The van der Waals surface area contributed by atoms with E-state index in [2.05, 4.69) is 82.5 Å². The molecule has 3 heterocycles. The Hall–Kier alpha value is -3.64. The summed E-state index contributed by atoms with van der Waals surface area (Å²) in [5.74, 6) is 2.66. The molecule has 0 spiro atoms. The molecular formula is C27H26N4O2. The summed E-state index contributed by atoms with van der Waals surface area (Å²) in [4.78, 5) is 4.84. The third-order valence-corrected chi connectivity index (χ3v) is 6.51. The van der Waals surface area contributed by atoms with Gasteiger partial charge in [0.1, 0.15) is 5.69 Å². The van der Waals surface area contributed by atoms with Crippen LogP contribution in [-0.4, -0.2) is 48.1 Å². The first-order valence-electron chi connectivity index (χ1n) is 11.4. The molecular weight excluding hydrogens is 412 g/mol. The van der Waals surface area contributed by atoms with Gasteiger partial charge in [0, 0.05) is 49.1 Å². The summed E-state index contributed by atoms with van der Waals surface area (Å²) in [6.45, 7) is 7.12. The maximum absolute atomic E-state index is 5.53. The minimum Gasteiger partial charge on any atom is -0.454 e. The zero-order valence-corrected chi connectivity index (χ0v) is 18.7. The van der Waals surface area contributed by atoms with E-state index in [1.165, 1.54) is 11.1 Å². The maximum atomic E-state index is 5.53. The van der Waals surface area contributed by atoms with Crippen molar-refractivity contribution in [1.29, 1.82) is 0 Å². The van der Waals surface area contributed by atoms with Crippen LogP contribution in [0.5, 0.6) is 11.5 Å². The topological polar surface area (TPSA) is 50.7 Å². The fourth-order valence-corrected chi connectivity index (χ4v) is 4.66. The van der Waals surface area contributed by atoms with Crippen LogP contribution in [0.4, 0.5) is 5.82 Å². The summed E-state index contributed by atoms with van der Waals surface area (Å²) in [6.07, 6.45) is 0. The first-order valence-corrected chi connectivity index (χ1v) is 11.4. The second-order valence-electron chi connectivity index (χ2n) is 8.73. The third kappa shape index (κ3) is 3.87. The summed E-state index contributed by atoms with van der Waals surface area (Å²) in [6, 6.07) is 23.2. The third-order valence-electron chi connectivity index (χ3n) is 6.51. The summed E-state index contributed by atoms with van der Waals surface area (Å²) in [7, 11) is 0. The molecule has 6 heteroatoms. The molecule has 3 aromatic carbocycles. The Balaban J connectivity index is 1.21. The zero-order valence-electron chi connectivity index (χ0n) is 18.7. The van der Waals surface area contributed by atoms with Gasteiger partial charge in [-0.15, -0.1) is 10.2 Å². The number of hydrogen-bond acceptors (Lipinski definition) is 6. The van der Waals surface area contributed by atoms with Crippen molar-refractivity contribution in [2.45, 2.75) is 13.5 Å². The molecule has 1 aromatic heterocycles. The van der Waals surface area contributed by atoms with Crippen LogP contribution >= 0.6 is 0 Å². The molecule has 6 nitrogen and oxygen atoms in total. The van der Waals surface area contributed by atoms with Crippen LogP contribution in [0.2, 0.25) is 0 Å². The number of nitrogens with zero attached hydrogens (tertiary/aromatic N) is 4. The van der Waals surface area contributed by atoms with Gasteiger partial charge in [-0.1, -0.05) is 60.2 Å². The number of ether oxygens (including phenoxy) is 2. The molecule has 0 N–H and O–H groups in total. The molecule has 0 aliphatic carbocycles. The van der Waals surface area contributed by atoms with Crippen molar-refractivity contribution >= 4 is 16.6 Å². The average molecular weight is 439 g/mol. The van der Waals surface area contributed by atoms with Gasteiger partial charge in [0.15, 0.2) is 17.3 Å². The Morgan fingerprint density at radius 1 is 0.788 bits per heavy atom. The average Bonchev–Trinajstić information content (AvgIpc) is 3.33. The van der Waals surface area contributed by atoms with Crippen molar-refractivity contribution in [3.63, 3.8) is 0 Å². The van der Waals surface area contributed by atoms with Crippen molar-refractivity contribution in [2.24, 2.45) is 0 Å². The molecule has 6 rings (SSSR count). The van der Waals surface area contributed by atoms with E-state index >= 15 is 0 Å². The van der Waals surface area contributed by atoms with Crippen LogP contribution in [0.25, 0.3) is 22.0 Å². The van der Waals surface area contributed by atoms with Gasteiger partial charge in [-0.25, -0.2) is 0 Å². The predicted molar refractivity (Wildman–Crippen MR) is 130 cm³/mol. The van der Waals surface area contributed by atoms with Crippen molar-refractivity contribution < 1.29 is 9.47 Å². The Morgan fingerprint density at radius 3 is 2.36 bits per heavy atom. The van der Waals surface area contributed by atoms with Crippen LogP contribution in [0.1, 0.15) is 11.1 Å². The highest BCUT2D eigenvalue weighted by Gasteiger charge is 2.22. The number of piperazine rings is 1. The van der Waals surface area contributed by atoms with E-state index in [-0.39, 0.29) is 0 Å². The van der Waals surface area contributed by atoms with E-state index < -0.39 is 0 Å². The molecule has 33 heavy (non-hydrogen) atoms. The summed E-state index contributed by atoms with van der Waals surface area (Å²) in [5.41, 5.74) is 4.53. The molecule has 2 aliphatic heterocycles. The van der Waals surface area contributed by atoms with Crippen LogP contribution < -0.4 is 14.4 Å². The maximum Gasteiger partial charge on any atom is 0.231 e. The van der Waals surface area contributed by atoms with Crippen LogP contribution in [0, 0.1) is 6.92 Å². The normalized spacial score (nSPS) is 15.8. The molecule has 0 saturated carbocycles. The predicted octanol–water partition coefficient (Wildman–Crippen LogP) is 4.66.